The number of methoxy groups -OCH3 is 1. The second kappa shape index (κ2) is 8.30. The number of ether oxygens (including phenoxy) is 1. The first-order chi connectivity index (χ1) is 13.5. The quantitative estimate of drug-likeness (QED) is 0.657. The van der Waals surface area contributed by atoms with Crippen LogP contribution in [0, 0.1) is 13.8 Å². The SMILES string of the molecule is COC(=O)c1cccc(NC(=O)c2ccnc(Nc3ccc(C)c(C)c3)n2)c1. The monoisotopic (exact) mass is 376 g/mol. The van der Waals surface area contributed by atoms with Crippen molar-refractivity contribution in [3.8, 4) is 0 Å². The Hall–Kier alpha value is -3.74. The summed E-state index contributed by atoms with van der Waals surface area (Å²) in [5, 5.41) is 5.82. The fourth-order valence-corrected chi connectivity index (χ4v) is 2.53. The van der Waals surface area contributed by atoms with Crippen molar-refractivity contribution in [2.45, 2.75) is 13.8 Å². The highest BCUT2D eigenvalue weighted by Crippen LogP contribution is 2.18. The van der Waals surface area contributed by atoms with Gasteiger partial charge in [-0.1, -0.05) is 12.1 Å². The highest BCUT2D eigenvalue weighted by Gasteiger charge is 2.12. The molecular weight excluding hydrogens is 356 g/mol. The molecule has 7 heteroatoms. The predicted octanol–water partition coefficient (Wildman–Crippen LogP) is 3.88. The molecule has 1 amide bonds. The predicted molar refractivity (Wildman–Crippen MR) is 107 cm³/mol. The number of carbonyl (C=O) groups is 2. The van der Waals surface area contributed by atoms with Crippen LogP contribution >= 0.6 is 0 Å². The first kappa shape index (κ1) is 19.0. The van der Waals surface area contributed by atoms with E-state index in [4.69, 9.17) is 0 Å². The molecule has 3 aromatic rings. The number of benzene rings is 2. The smallest absolute Gasteiger partial charge is 0.337 e. The summed E-state index contributed by atoms with van der Waals surface area (Å²) >= 11 is 0. The Balaban J connectivity index is 1.75. The molecule has 2 N–H and O–H groups in total. The summed E-state index contributed by atoms with van der Waals surface area (Å²) < 4.78 is 4.69. The lowest BCUT2D eigenvalue weighted by Crippen LogP contribution is -2.15. The summed E-state index contributed by atoms with van der Waals surface area (Å²) in [4.78, 5) is 32.6. The molecule has 0 aliphatic carbocycles. The van der Waals surface area contributed by atoms with Crippen LogP contribution in [0.25, 0.3) is 0 Å². The minimum Gasteiger partial charge on any atom is -0.465 e. The number of carbonyl (C=O) groups excluding carboxylic acids is 2. The van der Waals surface area contributed by atoms with E-state index in [9.17, 15) is 9.59 Å². The van der Waals surface area contributed by atoms with E-state index >= 15 is 0 Å². The highest BCUT2D eigenvalue weighted by molar-refractivity contribution is 6.03. The number of hydrogen-bond donors (Lipinski definition) is 2. The van der Waals surface area contributed by atoms with Gasteiger partial charge in [0.1, 0.15) is 5.69 Å². The van der Waals surface area contributed by atoms with Crippen molar-refractivity contribution in [1.82, 2.24) is 9.97 Å². The number of hydrogen-bond acceptors (Lipinski definition) is 6. The van der Waals surface area contributed by atoms with E-state index in [1.807, 2.05) is 32.0 Å². The summed E-state index contributed by atoms with van der Waals surface area (Å²) in [7, 11) is 1.30. The van der Waals surface area contributed by atoms with Crippen molar-refractivity contribution < 1.29 is 14.3 Å². The van der Waals surface area contributed by atoms with Gasteiger partial charge in [0.15, 0.2) is 0 Å². The Labute approximate surface area is 162 Å². The molecule has 0 bridgehead atoms. The maximum absolute atomic E-state index is 12.5. The van der Waals surface area contributed by atoms with Gasteiger partial charge in [0.05, 0.1) is 12.7 Å². The number of anilines is 3. The summed E-state index contributed by atoms with van der Waals surface area (Å²) in [6.45, 7) is 4.06. The minimum absolute atomic E-state index is 0.199. The summed E-state index contributed by atoms with van der Waals surface area (Å²) in [6, 6.07) is 13.9. The van der Waals surface area contributed by atoms with Gasteiger partial charge in [0.25, 0.3) is 5.91 Å². The standard InChI is InChI=1S/C21H20N4O3/c1-13-7-8-17(11-14(13)2)24-21-22-10-9-18(25-21)19(26)23-16-6-4-5-15(12-16)20(27)28-3/h4-12H,1-3H3,(H,23,26)(H,22,24,25). The molecule has 0 aliphatic rings. The molecule has 2 aromatic carbocycles. The molecule has 1 heterocycles. The maximum Gasteiger partial charge on any atom is 0.337 e. The zero-order chi connectivity index (χ0) is 20.1. The van der Waals surface area contributed by atoms with Crippen LogP contribution in [0.3, 0.4) is 0 Å². The van der Waals surface area contributed by atoms with Crippen molar-refractivity contribution >= 4 is 29.2 Å². The summed E-state index contributed by atoms with van der Waals surface area (Å²) in [6.07, 6.45) is 1.51. The molecule has 28 heavy (non-hydrogen) atoms. The van der Waals surface area contributed by atoms with Crippen LogP contribution in [0.2, 0.25) is 0 Å². The Bertz CT molecular complexity index is 1030. The van der Waals surface area contributed by atoms with Gasteiger partial charge in [0, 0.05) is 17.6 Å². The molecule has 7 nitrogen and oxygen atoms in total. The van der Waals surface area contributed by atoms with Gasteiger partial charge < -0.3 is 15.4 Å². The van der Waals surface area contributed by atoms with Crippen molar-refractivity contribution in [2.75, 3.05) is 17.7 Å². The van der Waals surface area contributed by atoms with Crippen molar-refractivity contribution in [2.24, 2.45) is 0 Å². The van der Waals surface area contributed by atoms with Gasteiger partial charge in [-0.05, 0) is 61.4 Å². The molecule has 0 unspecified atom stereocenters. The van der Waals surface area contributed by atoms with Gasteiger partial charge in [-0.15, -0.1) is 0 Å². The third-order valence-electron chi connectivity index (χ3n) is 4.19. The molecule has 142 valence electrons. The Kier molecular flexibility index (Phi) is 5.64. The van der Waals surface area contributed by atoms with Crippen LogP contribution in [0.5, 0.6) is 0 Å². The second-order valence-corrected chi connectivity index (χ2v) is 6.22. The van der Waals surface area contributed by atoms with E-state index in [0.717, 1.165) is 11.3 Å². The lowest BCUT2D eigenvalue weighted by atomic mass is 10.1. The van der Waals surface area contributed by atoms with E-state index in [0.29, 0.717) is 17.2 Å². The zero-order valence-corrected chi connectivity index (χ0v) is 15.8. The number of aryl methyl sites for hydroxylation is 2. The average molecular weight is 376 g/mol. The molecule has 0 aliphatic heterocycles. The first-order valence-corrected chi connectivity index (χ1v) is 8.63. The van der Waals surface area contributed by atoms with Crippen LogP contribution in [0.1, 0.15) is 32.0 Å². The van der Waals surface area contributed by atoms with Gasteiger partial charge in [-0.3, -0.25) is 4.79 Å². The number of esters is 1. The van der Waals surface area contributed by atoms with Crippen LogP contribution in [-0.4, -0.2) is 29.0 Å². The normalized spacial score (nSPS) is 10.2. The van der Waals surface area contributed by atoms with Crippen LogP contribution < -0.4 is 10.6 Å². The second-order valence-electron chi connectivity index (χ2n) is 6.22. The maximum atomic E-state index is 12.5. The Morgan fingerprint density at radius 2 is 1.79 bits per heavy atom. The van der Waals surface area contributed by atoms with Crippen molar-refractivity contribution in [1.29, 1.82) is 0 Å². The van der Waals surface area contributed by atoms with E-state index < -0.39 is 11.9 Å². The number of aromatic nitrogens is 2. The van der Waals surface area contributed by atoms with Crippen LogP contribution in [0.15, 0.2) is 54.7 Å². The fraction of sp³-hybridized carbons (Fsp3) is 0.143. The zero-order valence-electron chi connectivity index (χ0n) is 15.8. The van der Waals surface area contributed by atoms with E-state index in [2.05, 4.69) is 25.3 Å². The number of rotatable bonds is 5. The lowest BCUT2D eigenvalue weighted by Gasteiger charge is -2.09. The summed E-state index contributed by atoms with van der Waals surface area (Å²) in [5.41, 5.74) is 4.18. The molecule has 0 atom stereocenters. The topological polar surface area (TPSA) is 93.2 Å². The Morgan fingerprint density at radius 1 is 0.964 bits per heavy atom. The largest absolute Gasteiger partial charge is 0.465 e. The van der Waals surface area contributed by atoms with Gasteiger partial charge in [-0.2, -0.15) is 0 Å². The molecular formula is C21H20N4O3. The fourth-order valence-electron chi connectivity index (χ4n) is 2.53. The van der Waals surface area contributed by atoms with E-state index in [1.165, 1.54) is 24.9 Å². The molecule has 0 saturated heterocycles. The first-order valence-electron chi connectivity index (χ1n) is 8.63. The molecule has 0 radical (unpaired) electrons. The summed E-state index contributed by atoms with van der Waals surface area (Å²) in [5.74, 6) is -0.565. The molecule has 3 rings (SSSR count). The molecule has 0 fully saturated rings. The number of nitrogens with zero attached hydrogens (tertiary/aromatic N) is 2. The molecule has 1 aromatic heterocycles. The number of amides is 1. The number of nitrogens with one attached hydrogen (secondary N) is 2. The van der Waals surface area contributed by atoms with E-state index in [-0.39, 0.29) is 5.69 Å². The van der Waals surface area contributed by atoms with Crippen molar-refractivity contribution in [3.05, 3.63) is 77.1 Å². The molecule has 0 saturated carbocycles. The molecule has 0 spiro atoms. The van der Waals surface area contributed by atoms with Gasteiger partial charge >= 0.3 is 5.97 Å². The minimum atomic E-state index is -0.474. The average Bonchev–Trinajstić information content (AvgIpc) is 2.70. The van der Waals surface area contributed by atoms with Gasteiger partial charge in [-0.25, -0.2) is 14.8 Å². The highest BCUT2D eigenvalue weighted by atomic mass is 16.5. The lowest BCUT2D eigenvalue weighted by molar-refractivity contribution is 0.0600. The van der Waals surface area contributed by atoms with Crippen molar-refractivity contribution in [3.63, 3.8) is 0 Å². The Morgan fingerprint density at radius 3 is 2.54 bits per heavy atom. The van der Waals surface area contributed by atoms with Crippen LogP contribution in [0.4, 0.5) is 17.3 Å². The van der Waals surface area contributed by atoms with E-state index in [1.54, 1.807) is 24.3 Å². The van der Waals surface area contributed by atoms with Crippen LogP contribution in [-0.2, 0) is 4.74 Å². The third-order valence-corrected chi connectivity index (χ3v) is 4.19. The third kappa shape index (κ3) is 4.50. The van der Waals surface area contributed by atoms with Gasteiger partial charge in [0.2, 0.25) is 5.95 Å².